The standard InChI is InChI=1S/C11H12N6S/c1-17-11(13-6-14-17)18-5-10-15-8-3-2-7(12)4-9(8)16-10/h2-4,6H,5,12H2,1H3,(H,15,16). The molecule has 0 saturated heterocycles. The second-order valence-electron chi connectivity index (χ2n) is 3.91. The van der Waals surface area contributed by atoms with Crippen molar-refractivity contribution in [3.63, 3.8) is 0 Å². The molecule has 0 unspecified atom stereocenters. The number of nitrogen functional groups attached to an aromatic ring is 1. The number of hydrogen-bond donors (Lipinski definition) is 2. The number of nitrogens with zero attached hydrogens (tertiary/aromatic N) is 4. The number of aromatic amines is 1. The van der Waals surface area contributed by atoms with Gasteiger partial charge in [0.2, 0.25) is 0 Å². The number of aryl methyl sites for hydroxylation is 1. The zero-order valence-corrected chi connectivity index (χ0v) is 10.6. The fraction of sp³-hybridized carbons (Fsp3) is 0.182. The summed E-state index contributed by atoms with van der Waals surface area (Å²) in [5.74, 6) is 1.63. The monoisotopic (exact) mass is 260 g/mol. The van der Waals surface area contributed by atoms with Gasteiger partial charge in [-0.25, -0.2) is 14.6 Å². The molecule has 0 saturated carbocycles. The van der Waals surface area contributed by atoms with E-state index < -0.39 is 0 Å². The fourth-order valence-corrected chi connectivity index (χ4v) is 2.46. The number of benzene rings is 1. The Morgan fingerprint density at radius 1 is 1.44 bits per heavy atom. The van der Waals surface area contributed by atoms with Gasteiger partial charge in [0.05, 0.1) is 16.8 Å². The van der Waals surface area contributed by atoms with Crippen LogP contribution >= 0.6 is 11.8 Å². The maximum absolute atomic E-state index is 5.73. The summed E-state index contributed by atoms with van der Waals surface area (Å²) in [4.78, 5) is 11.9. The van der Waals surface area contributed by atoms with E-state index in [1.54, 1.807) is 22.8 Å². The van der Waals surface area contributed by atoms with Crippen LogP contribution in [0.1, 0.15) is 5.82 Å². The minimum Gasteiger partial charge on any atom is -0.399 e. The molecule has 1 aromatic carbocycles. The summed E-state index contributed by atoms with van der Waals surface area (Å²) in [7, 11) is 1.87. The summed E-state index contributed by atoms with van der Waals surface area (Å²) in [6.07, 6.45) is 1.54. The van der Waals surface area contributed by atoms with Crippen LogP contribution in [0.25, 0.3) is 11.0 Å². The molecule has 3 aromatic rings. The lowest BCUT2D eigenvalue weighted by molar-refractivity contribution is 0.685. The predicted molar refractivity (Wildman–Crippen MR) is 71.1 cm³/mol. The zero-order valence-electron chi connectivity index (χ0n) is 9.79. The first kappa shape index (κ1) is 11.1. The first-order valence-electron chi connectivity index (χ1n) is 5.43. The first-order chi connectivity index (χ1) is 8.72. The summed E-state index contributed by atoms with van der Waals surface area (Å²) < 4.78 is 1.74. The molecule has 3 N–H and O–H groups in total. The molecule has 0 spiro atoms. The number of fused-ring (bicyclic) bond motifs is 1. The molecule has 0 aliphatic heterocycles. The average molecular weight is 260 g/mol. The minimum absolute atomic E-state index is 0.723. The maximum Gasteiger partial charge on any atom is 0.186 e. The first-order valence-corrected chi connectivity index (χ1v) is 6.42. The molecule has 0 amide bonds. The molecule has 2 heterocycles. The van der Waals surface area contributed by atoms with Gasteiger partial charge in [-0.15, -0.1) is 0 Å². The number of aromatic nitrogens is 5. The van der Waals surface area contributed by atoms with E-state index in [-0.39, 0.29) is 0 Å². The summed E-state index contributed by atoms with van der Waals surface area (Å²) in [5, 5.41) is 4.89. The molecule has 7 heteroatoms. The van der Waals surface area contributed by atoms with Crippen LogP contribution in [0.15, 0.2) is 29.7 Å². The normalized spacial score (nSPS) is 11.2. The molecule has 0 bridgehead atoms. The molecule has 3 rings (SSSR count). The topological polar surface area (TPSA) is 85.4 Å². The van der Waals surface area contributed by atoms with Crippen LogP contribution in [0.2, 0.25) is 0 Å². The average Bonchev–Trinajstić information content (AvgIpc) is 2.92. The van der Waals surface area contributed by atoms with E-state index in [4.69, 9.17) is 5.73 Å². The van der Waals surface area contributed by atoms with Crippen molar-refractivity contribution in [1.29, 1.82) is 0 Å². The van der Waals surface area contributed by atoms with Crippen molar-refractivity contribution in [2.24, 2.45) is 7.05 Å². The van der Waals surface area contributed by atoms with E-state index in [0.717, 1.165) is 33.5 Å². The van der Waals surface area contributed by atoms with Crippen molar-refractivity contribution < 1.29 is 0 Å². The highest BCUT2D eigenvalue weighted by Crippen LogP contribution is 2.21. The van der Waals surface area contributed by atoms with Gasteiger partial charge in [0, 0.05) is 12.7 Å². The second-order valence-corrected chi connectivity index (χ2v) is 4.86. The highest BCUT2D eigenvalue weighted by Gasteiger charge is 2.06. The Morgan fingerprint density at radius 2 is 2.33 bits per heavy atom. The van der Waals surface area contributed by atoms with Crippen LogP contribution < -0.4 is 5.73 Å². The lowest BCUT2D eigenvalue weighted by atomic mass is 10.3. The smallest absolute Gasteiger partial charge is 0.186 e. The van der Waals surface area contributed by atoms with E-state index in [1.165, 1.54) is 0 Å². The minimum atomic E-state index is 0.723. The molecule has 0 aliphatic carbocycles. The molecule has 6 nitrogen and oxygen atoms in total. The van der Waals surface area contributed by atoms with Gasteiger partial charge in [0.1, 0.15) is 12.2 Å². The van der Waals surface area contributed by atoms with Gasteiger partial charge in [-0.3, -0.25) is 0 Å². The molecule has 2 aromatic heterocycles. The molecular formula is C11H12N6S. The van der Waals surface area contributed by atoms with Crippen molar-refractivity contribution in [3.05, 3.63) is 30.4 Å². The van der Waals surface area contributed by atoms with Crippen LogP contribution in [-0.2, 0) is 12.8 Å². The van der Waals surface area contributed by atoms with Crippen LogP contribution in [0.4, 0.5) is 5.69 Å². The van der Waals surface area contributed by atoms with E-state index in [2.05, 4.69) is 20.1 Å². The van der Waals surface area contributed by atoms with Crippen molar-refractivity contribution >= 4 is 28.5 Å². The number of nitrogens with two attached hydrogens (primary N) is 1. The summed E-state index contributed by atoms with van der Waals surface area (Å²) >= 11 is 1.59. The Balaban J connectivity index is 1.81. The van der Waals surface area contributed by atoms with E-state index in [0.29, 0.717) is 0 Å². The Bertz CT molecular complexity index is 686. The van der Waals surface area contributed by atoms with Crippen molar-refractivity contribution in [1.82, 2.24) is 24.7 Å². The highest BCUT2D eigenvalue weighted by atomic mass is 32.2. The highest BCUT2D eigenvalue weighted by molar-refractivity contribution is 7.98. The quantitative estimate of drug-likeness (QED) is 0.551. The Labute approximate surface area is 108 Å². The molecule has 0 atom stereocenters. The van der Waals surface area contributed by atoms with Gasteiger partial charge in [0.15, 0.2) is 5.16 Å². The molecule has 0 aliphatic rings. The van der Waals surface area contributed by atoms with Crippen LogP contribution in [-0.4, -0.2) is 24.7 Å². The third kappa shape index (κ3) is 2.04. The summed E-state index contributed by atoms with van der Waals surface area (Å²) in [6.45, 7) is 0. The van der Waals surface area contributed by atoms with E-state index in [9.17, 15) is 0 Å². The Hall–Kier alpha value is -2.02. The van der Waals surface area contributed by atoms with Crippen LogP contribution in [0.3, 0.4) is 0 Å². The van der Waals surface area contributed by atoms with Crippen LogP contribution in [0.5, 0.6) is 0 Å². The number of H-pyrrole nitrogens is 1. The molecule has 0 fully saturated rings. The number of thioether (sulfide) groups is 1. The lowest BCUT2D eigenvalue weighted by Gasteiger charge is -1.96. The van der Waals surface area contributed by atoms with E-state index >= 15 is 0 Å². The van der Waals surface area contributed by atoms with Gasteiger partial charge in [-0.05, 0) is 18.2 Å². The number of rotatable bonds is 3. The van der Waals surface area contributed by atoms with Gasteiger partial charge in [-0.2, -0.15) is 5.10 Å². The molecular weight excluding hydrogens is 248 g/mol. The molecule has 18 heavy (non-hydrogen) atoms. The van der Waals surface area contributed by atoms with Crippen molar-refractivity contribution in [3.8, 4) is 0 Å². The van der Waals surface area contributed by atoms with Crippen molar-refractivity contribution in [2.75, 3.05) is 5.73 Å². The van der Waals surface area contributed by atoms with Crippen LogP contribution in [0, 0.1) is 0 Å². The van der Waals surface area contributed by atoms with Gasteiger partial charge < -0.3 is 10.7 Å². The Morgan fingerprint density at radius 3 is 3.11 bits per heavy atom. The van der Waals surface area contributed by atoms with E-state index in [1.807, 2.05) is 25.2 Å². The van der Waals surface area contributed by atoms with Gasteiger partial charge >= 0.3 is 0 Å². The SMILES string of the molecule is Cn1ncnc1SCc1nc2ccc(N)cc2[nH]1. The summed E-state index contributed by atoms with van der Waals surface area (Å²) in [6, 6.07) is 5.65. The third-order valence-electron chi connectivity index (χ3n) is 2.56. The third-order valence-corrected chi connectivity index (χ3v) is 3.61. The maximum atomic E-state index is 5.73. The fourth-order valence-electron chi connectivity index (χ4n) is 1.70. The number of nitrogens with one attached hydrogen (secondary N) is 1. The zero-order chi connectivity index (χ0) is 12.5. The van der Waals surface area contributed by atoms with Gasteiger partial charge in [0.25, 0.3) is 0 Å². The molecule has 92 valence electrons. The Kier molecular flexibility index (Phi) is 2.67. The molecule has 0 radical (unpaired) electrons. The number of anilines is 1. The van der Waals surface area contributed by atoms with Gasteiger partial charge in [-0.1, -0.05) is 11.8 Å². The lowest BCUT2D eigenvalue weighted by Crippen LogP contribution is -1.93. The predicted octanol–water partition coefficient (Wildman–Crippen LogP) is 1.57. The second kappa shape index (κ2) is 4.34. The number of hydrogen-bond acceptors (Lipinski definition) is 5. The largest absolute Gasteiger partial charge is 0.399 e. The summed E-state index contributed by atoms with van der Waals surface area (Å²) in [5.41, 5.74) is 8.35. The number of imidazole rings is 1. The van der Waals surface area contributed by atoms with Crippen molar-refractivity contribution in [2.45, 2.75) is 10.9 Å².